The molecule has 4 nitrogen and oxygen atoms in total. The highest BCUT2D eigenvalue weighted by molar-refractivity contribution is 5.23. The van der Waals surface area contributed by atoms with E-state index in [9.17, 15) is 10.1 Å². The monoisotopic (exact) mass is 202 g/mol. The van der Waals surface area contributed by atoms with Crippen molar-refractivity contribution in [3.05, 3.63) is 70.0 Å². The Labute approximate surface area is 86.9 Å². The van der Waals surface area contributed by atoms with Crippen LogP contribution in [0.25, 0.3) is 0 Å². The molecule has 0 radical (unpaired) electrons. The first kappa shape index (κ1) is 9.45. The van der Waals surface area contributed by atoms with Crippen molar-refractivity contribution in [3.63, 3.8) is 0 Å². The third-order valence-corrected chi connectivity index (χ3v) is 2.18. The summed E-state index contributed by atoms with van der Waals surface area (Å²) >= 11 is 0. The third-order valence-electron chi connectivity index (χ3n) is 2.18. The van der Waals surface area contributed by atoms with Gasteiger partial charge in [-0.2, -0.15) is 0 Å². The molecule has 1 heterocycles. The number of nitro groups is 1. The van der Waals surface area contributed by atoms with Gasteiger partial charge in [-0.3, -0.25) is 0 Å². The van der Waals surface area contributed by atoms with E-state index < -0.39 is 5.03 Å². The molecule has 0 fully saturated rings. The first-order valence-electron chi connectivity index (χ1n) is 4.61. The van der Waals surface area contributed by atoms with E-state index in [-0.39, 0.29) is 0 Å². The fourth-order valence-corrected chi connectivity index (χ4v) is 1.47. The molecule has 0 spiro atoms. The summed E-state index contributed by atoms with van der Waals surface area (Å²) in [6.07, 6.45) is 3.72. The summed E-state index contributed by atoms with van der Waals surface area (Å²) in [5, 5.41) is 9.99. The predicted octanol–water partition coefficient (Wildman–Crippen LogP) is 2.12. The van der Waals surface area contributed by atoms with Crippen molar-refractivity contribution >= 4 is 0 Å². The highest BCUT2D eigenvalue weighted by Crippen LogP contribution is 2.09. The van der Waals surface area contributed by atoms with Crippen LogP contribution in [0.15, 0.2) is 48.8 Å². The van der Waals surface area contributed by atoms with Gasteiger partial charge in [-0.25, -0.2) is 10.1 Å². The van der Waals surface area contributed by atoms with Gasteiger partial charge in [0.2, 0.25) is 0 Å². The molecular formula is C11H10N2O2. The van der Waals surface area contributed by atoms with Gasteiger partial charge in [0.05, 0.1) is 12.4 Å². The van der Waals surface area contributed by atoms with Crippen LogP contribution in [0.4, 0.5) is 0 Å². The van der Waals surface area contributed by atoms with Crippen LogP contribution in [0.3, 0.4) is 0 Å². The zero-order chi connectivity index (χ0) is 10.7. The first-order valence-corrected chi connectivity index (χ1v) is 4.61. The molecular weight excluding hydrogens is 192 g/mol. The lowest BCUT2D eigenvalue weighted by molar-refractivity contribution is -0.542. The first-order chi connectivity index (χ1) is 7.25. The van der Waals surface area contributed by atoms with E-state index >= 15 is 0 Å². The molecule has 0 unspecified atom stereocenters. The number of benzene rings is 1. The molecule has 0 amide bonds. The smallest absolute Gasteiger partial charge is 0.169 e. The lowest BCUT2D eigenvalue weighted by Crippen LogP contribution is -2.04. The summed E-state index contributed by atoms with van der Waals surface area (Å²) in [5.74, 6) is 0. The van der Waals surface area contributed by atoms with Gasteiger partial charge in [-0.05, 0) is 23.6 Å². The SMILES string of the molecule is O=[N+]([O-])n1ccc(Cc2ccccc2)c1. The molecule has 0 saturated heterocycles. The minimum Gasteiger partial charge on any atom is -0.234 e. The van der Waals surface area contributed by atoms with Gasteiger partial charge >= 0.3 is 0 Å². The van der Waals surface area contributed by atoms with Crippen LogP contribution in [0.5, 0.6) is 0 Å². The fourth-order valence-electron chi connectivity index (χ4n) is 1.47. The van der Waals surface area contributed by atoms with Gasteiger partial charge in [0.25, 0.3) is 0 Å². The number of nitrogens with zero attached hydrogens (tertiary/aromatic N) is 2. The van der Waals surface area contributed by atoms with Gasteiger partial charge in [0, 0.05) is 0 Å². The van der Waals surface area contributed by atoms with Gasteiger partial charge < -0.3 is 0 Å². The molecule has 2 aromatic rings. The Bertz CT molecular complexity index is 462. The van der Waals surface area contributed by atoms with Crippen molar-refractivity contribution in [3.8, 4) is 0 Å². The van der Waals surface area contributed by atoms with Crippen molar-refractivity contribution in [2.45, 2.75) is 6.42 Å². The van der Waals surface area contributed by atoms with E-state index in [1.165, 1.54) is 12.4 Å². The Morgan fingerprint density at radius 2 is 1.87 bits per heavy atom. The van der Waals surface area contributed by atoms with E-state index in [2.05, 4.69) is 0 Å². The molecule has 1 aromatic carbocycles. The molecule has 0 N–H and O–H groups in total. The fraction of sp³-hybridized carbons (Fsp3) is 0.0909. The molecule has 15 heavy (non-hydrogen) atoms. The molecule has 0 saturated carbocycles. The second kappa shape index (κ2) is 3.96. The summed E-state index contributed by atoms with van der Waals surface area (Å²) in [7, 11) is 0. The molecule has 0 aliphatic rings. The van der Waals surface area contributed by atoms with Crippen molar-refractivity contribution in [2.24, 2.45) is 0 Å². The maximum Gasteiger partial charge on any atom is 0.169 e. The lowest BCUT2D eigenvalue weighted by Gasteiger charge is -1.96. The Morgan fingerprint density at radius 3 is 2.47 bits per heavy atom. The molecule has 1 aromatic heterocycles. The Kier molecular flexibility index (Phi) is 2.49. The molecule has 2 rings (SSSR count). The van der Waals surface area contributed by atoms with Crippen LogP contribution in [-0.2, 0) is 6.42 Å². The third kappa shape index (κ3) is 2.22. The van der Waals surface area contributed by atoms with E-state index in [0.717, 1.165) is 22.2 Å². The molecule has 0 aliphatic heterocycles. The normalized spacial score (nSPS) is 10.1. The van der Waals surface area contributed by atoms with Crippen LogP contribution in [0, 0.1) is 10.1 Å². The number of rotatable bonds is 3. The van der Waals surface area contributed by atoms with Crippen LogP contribution in [0.1, 0.15) is 11.1 Å². The number of hydrogen-bond acceptors (Lipinski definition) is 2. The zero-order valence-electron chi connectivity index (χ0n) is 8.04. The maximum absolute atomic E-state index is 10.4. The minimum atomic E-state index is -0.450. The van der Waals surface area contributed by atoms with E-state index in [1.54, 1.807) is 6.07 Å². The molecule has 76 valence electrons. The Hall–Kier alpha value is -2.10. The van der Waals surface area contributed by atoms with Crippen LogP contribution in [0.2, 0.25) is 0 Å². The minimum absolute atomic E-state index is 0.450. The second-order valence-corrected chi connectivity index (χ2v) is 3.30. The van der Waals surface area contributed by atoms with E-state index in [4.69, 9.17) is 0 Å². The van der Waals surface area contributed by atoms with Gasteiger partial charge in [0.1, 0.15) is 0 Å². The van der Waals surface area contributed by atoms with Crippen molar-refractivity contribution in [2.75, 3.05) is 0 Å². The van der Waals surface area contributed by atoms with Crippen molar-refractivity contribution in [1.29, 1.82) is 0 Å². The average molecular weight is 202 g/mol. The second-order valence-electron chi connectivity index (χ2n) is 3.30. The Morgan fingerprint density at radius 1 is 1.13 bits per heavy atom. The van der Waals surface area contributed by atoms with E-state index in [1.807, 2.05) is 30.3 Å². The van der Waals surface area contributed by atoms with Crippen LogP contribution in [-0.4, -0.2) is 9.71 Å². The topological polar surface area (TPSA) is 48.1 Å². The average Bonchev–Trinajstić information content (AvgIpc) is 2.68. The predicted molar refractivity (Wildman–Crippen MR) is 56.1 cm³/mol. The largest absolute Gasteiger partial charge is 0.234 e. The van der Waals surface area contributed by atoms with Crippen molar-refractivity contribution < 1.29 is 5.03 Å². The molecule has 0 bridgehead atoms. The zero-order valence-corrected chi connectivity index (χ0v) is 8.04. The van der Waals surface area contributed by atoms with Crippen LogP contribution >= 0.6 is 0 Å². The van der Waals surface area contributed by atoms with Crippen LogP contribution < -0.4 is 0 Å². The van der Waals surface area contributed by atoms with Gasteiger partial charge in [-0.1, -0.05) is 35.0 Å². The van der Waals surface area contributed by atoms with Crippen molar-refractivity contribution in [1.82, 2.24) is 4.68 Å². The number of hydrogen-bond donors (Lipinski definition) is 0. The number of aromatic nitrogens is 1. The summed E-state index contributed by atoms with van der Waals surface area (Å²) in [6.45, 7) is 0. The highest BCUT2D eigenvalue weighted by Gasteiger charge is 2.03. The highest BCUT2D eigenvalue weighted by atomic mass is 16.7. The lowest BCUT2D eigenvalue weighted by atomic mass is 10.1. The summed E-state index contributed by atoms with van der Waals surface area (Å²) in [6, 6.07) is 11.6. The standard InChI is InChI=1S/C11H10N2O2/c14-13(15)12-7-6-11(9-12)8-10-4-2-1-3-5-10/h1-7,9H,8H2. The quantitative estimate of drug-likeness (QED) is 0.565. The maximum atomic E-state index is 10.4. The summed E-state index contributed by atoms with van der Waals surface area (Å²) < 4.78 is 0.971. The summed E-state index contributed by atoms with van der Waals surface area (Å²) in [4.78, 5) is 10.4. The van der Waals surface area contributed by atoms with E-state index in [0.29, 0.717) is 0 Å². The van der Waals surface area contributed by atoms with Gasteiger partial charge in [-0.15, -0.1) is 0 Å². The molecule has 4 heteroatoms. The Balaban J connectivity index is 2.15. The van der Waals surface area contributed by atoms with Gasteiger partial charge in [0.15, 0.2) is 5.03 Å². The molecule has 0 atom stereocenters. The molecule has 0 aliphatic carbocycles. The summed E-state index contributed by atoms with van der Waals surface area (Å²) in [5.41, 5.74) is 2.09.